The van der Waals surface area contributed by atoms with Crippen molar-refractivity contribution in [2.24, 2.45) is 0 Å². The lowest BCUT2D eigenvalue weighted by Gasteiger charge is -2.18. The van der Waals surface area contributed by atoms with E-state index in [1.165, 1.54) is 21.9 Å². The quantitative estimate of drug-likeness (QED) is 0.365. The summed E-state index contributed by atoms with van der Waals surface area (Å²) in [5.74, 6) is -0.0892. The molecule has 0 saturated carbocycles. The molecule has 3 N–H and O–H groups in total. The predicted octanol–water partition coefficient (Wildman–Crippen LogP) is 5.80. The largest absolute Gasteiger partial charge is 0.361 e. The highest BCUT2D eigenvalue weighted by Crippen LogP contribution is 2.32. The molecule has 4 aromatic rings. The number of hydrogen-bond acceptors (Lipinski definition) is 2. The van der Waals surface area contributed by atoms with Crippen LogP contribution >= 0.6 is 23.6 Å². The van der Waals surface area contributed by atoms with Gasteiger partial charge in [-0.05, 0) is 59.9 Å². The molecule has 28 heavy (non-hydrogen) atoms. The monoisotopic (exact) mass is 409 g/mol. The molecule has 6 heteroatoms. The summed E-state index contributed by atoms with van der Waals surface area (Å²) >= 11 is 7.17. The van der Waals surface area contributed by atoms with Gasteiger partial charge in [0.05, 0.1) is 0 Å². The van der Waals surface area contributed by atoms with Gasteiger partial charge in [0, 0.05) is 40.1 Å². The fourth-order valence-corrected chi connectivity index (χ4v) is 4.32. The molecule has 4 rings (SSSR count). The molecule has 0 aliphatic carbocycles. The van der Waals surface area contributed by atoms with E-state index in [4.69, 9.17) is 12.2 Å². The summed E-state index contributed by atoms with van der Waals surface area (Å²) in [6, 6.07) is 17.5. The molecule has 142 valence electrons. The Balaban J connectivity index is 1.52. The number of fused-ring (bicyclic) bond motifs is 1. The van der Waals surface area contributed by atoms with Gasteiger partial charge in [-0.15, -0.1) is 11.3 Å². The standard InChI is InChI=1S/C22H20FN3S2/c1-14-8-9-15(11-19(14)23)26-22(27)25-13-18(21-7-4-10-28-21)17-12-24-20-6-3-2-5-16(17)20/h2-12,18,24H,13H2,1H3,(H2,25,26,27)/t18-/m0/s1. The topological polar surface area (TPSA) is 39.8 Å². The van der Waals surface area contributed by atoms with Crippen LogP contribution in [0.3, 0.4) is 0 Å². The molecule has 0 aliphatic rings. The lowest BCUT2D eigenvalue weighted by molar-refractivity contribution is 0.619. The Labute approximate surface area is 172 Å². The number of para-hydroxylation sites is 1. The minimum atomic E-state index is -0.247. The number of nitrogens with one attached hydrogen (secondary N) is 3. The molecule has 3 nitrogen and oxygen atoms in total. The van der Waals surface area contributed by atoms with Crippen LogP contribution in [0.1, 0.15) is 21.9 Å². The van der Waals surface area contributed by atoms with Crippen molar-refractivity contribution in [1.82, 2.24) is 10.3 Å². The number of aromatic nitrogens is 1. The predicted molar refractivity (Wildman–Crippen MR) is 120 cm³/mol. The molecule has 0 amide bonds. The molecular weight excluding hydrogens is 389 g/mol. The Bertz CT molecular complexity index is 1100. The highest BCUT2D eigenvalue weighted by Gasteiger charge is 2.19. The summed E-state index contributed by atoms with van der Waals surface area (Å²) in [6.07, 6.45) is 2.07. The first kappa shape index (κ1) is 18.7. The van der Waals surface area contributed by atoms with E-state index in [9.17, 15) is 4.39 Å². The van der Waals surface area contributed by atoms with E-state index < -0.39 is 0 Å². The summed E-state index contributed by atoms with van der Waals surface area (Å²) in [4.78, 5) is 4.62. The van der Waals surface area contributed by atoms with E-state index in [0.29, 0.717) is 22.9 Å². The van der Waals surface area contributed by atoms with Gasteiger partial charge in [-0.3, -0.25) is 0 Å². The van der Waals surface area contributed by atoms with Crippen molar-refractivity contribution in [3.05, 3.63) is 88.0 Å². The van der Waals surface area contributed by atoms with Gasteiger partial charge in [0.2, 0.25) is 0 Å². The Morgan fingerprint density at radius 1 is 1.18 bits per heavy atom. The maximum Gasteiger partial charge on any atom is 0.170 e. The van der Waals surface area contributed by atoms with Gasteiger partial charge >= 0.3 is 0 Å². The second-order valence-corrected chi connectivity index (χ2v) is 8.04. The summed E-state index contributed by atoms with van der Waals surface area (Å²) in [5.41, 5.74) is 3.60. The first-order valence-corrected chi connectivity index (χ1v) is 10.3. The average molecular weight is 410 g/mol. The number of anilines is 1. The molecule has 2 aromatic carbocycles. The molecular formula is C22H20FN3S2. The number of halogens is 1. The number of aryl methyl sites for hydroxylation is 1. The molecule has 2 aromatic heterocycles. The number of benzene rings is 2. The van der Waals surface area contributed by atoms with Crippen LogP contribution in [0.15, 0.2) is 66.2 Å². The minimum absolute atomic E-state index is 0.158. The van der Waals surface area contributed by atoms with E-state index in [-0.39, 0.29) is 11.7 Å². The lowest BCUT2D eigenvalue weighted by atomic mass is 9.97. The van der Waals surface area contributed by atoms with Crippen molar-refractivity contribution in [2.45, 2.75) is 12.8 Å². The van der Waals surface area contributed by atoms with Gasteiger partial charge in [-0.1, -0.05) is 30.3 Å². The smallest absolute Gasteiger partial charge is 0.170 e. The van der Waals surface area contributed by atoms with Crippen LogP contribution in [0.2, 0.25) is 0 Å². The molecule has 0 saturated heterocycles. The molecule has 0 bridgehead atoms. The number of H-pyrrole nitrogens is 1. The van der Waals surface area contributed by atoms with E-state index in [1.54, 1.807) is 24.3 Å². The zero-order valence-electron chi connectivity index (χ0n) is 15.3. The fraction of sp³-hybridized carbons (Fsp3) is 0.136. The van der Waals surface area contributed by atoms with Gasteiger partial charge in [-0.25, -0.2) is 4.39 Å². The third-order valence-corrected chi connectivity index (χ3v) is 6.01. The second-order valence-electron chi connectivity index (χ2n) is 6.66. The third-order valence-electron chi connectivity index (χ3n) is 4.78. The zero-order valence-corrected chi connectivity index (χ0v) is 17.0. The number of thiophene rings is 1. The van der Waals surface area contributed by atoms with Gasteiger partial charge in [-0.2, -0.15) is 0 Å². The first-order valence-electron chi connectivity index (χ1n) is 9.02. The molecule has 0 spiro atoms. The number of aromatic amines is 1. The Morgan fingerprint density at radius 3 is 2.82 bits per heavy atom. The van der Waals surface area contributed by atoms with Crippen molar-refractivity contribution in [3.63, 3.8) is 0 Å². The average Bonchev–Trinajstić information content (AvgIpc) is 3.36. The van der Waals surface area contributed by atoms with Crippen LogP contribution in [-0.4, -0.2) is 16.6 Å². The molecule has 0 aliphatic heterocycles. The molecule has 2 heterocycles. The Kier molecular flexibility index (Phi) is 5.41. The summed E-state index contributed by atoms with van der Waals surface area (Å²) < 4.78 is 13.8. The molecule has 0 unspecified atom stereocenters. The highest BCUT2D eigenvalue weighted by atomic mass is 32.1. The second kappa shape index (κ2) is 8.12. The van der Waals surface area contributed by atoms with Crippen molar-refractivity contribution in [1.29, 1.82) is 0 Å². The minimum Gasteiger partial charge on any atom is -0.361 e. The zero-order chi connectivity index (χ0) is 19.5. The van der Waals surface area contributed by atoms with Crippen LogP contribution in [0, 0.1) is 12.7 Å². The Morgan fingerprint density at radius 2 is 2.04 bits per heavy atom. The van der Waals surface area contributed by atoms with Gasteiger partial charge in [0.25, 0.3) is 0 Å². The van der Waals surface area contributed by atoms with E-state index >= 15 is 0 Å². The maximum atomic E-state index is 13.8. The maximum absolute atomic E-state index is 13.8. The van der Waals surface area contributed by atoms with Gasteiger partial charge < -0.3 is 15.6 Å². The van der Waals surface area contributed by atoms with Crippen LogP contribution < -0.4 is 10.6 Å². The summed E-state index contributed by atoms with van der Waals surface area (Å²) in [7, 11) is 0. The van der Waals surface area contributed by atoms with Gasteiger partial charge in [0.15, 0.2) is 5.11 Å². The molecule has 0 fully saturated rings. The summed E-state index contributed by atoms with van der Waals surface area (Å²) in [6.45, 7) is 2.38. The molecule has 0 radical (unpaired) electrons. The number of rotatable bonds is 5. The first-order chi connectivity index (χ1) is 13.6. The van der Waals surface area contributed by atoms with E-state index in [2.05, 4.69) is 57.5 Å². The van der Waals surface area contributed by atoms with E-state index in [0.717, 1.165) is 5.52 Å². The number of thiocarbonyl (C=S) groups is 1. The Hall–Kier alpha value is -2.70. The third kappa shape index (κ3) is 3.93. The number of hydrogen-bond donors (Lipinski definition) is 3. The van der Waals surface area contributed by atoms with Crippen molar-refractivity contribution < 1.29 is 4.39 Å². The normalized spacial score (nSPS) is 12.1. The molecule has 1 atom stereocenters. The fourth-order valence-electron chi connectivity index (χ4n) is 3.28. The van der Waals surface area contributed by atoms with Crippen molar-refractivity contribution in [3.8, 4) is 0 Å². The summed E-state index contributed by atoms with van der Waals surface area (Å²) in [5, 5.41) is 10.1. The van der Waals surface area contributed by atoms with E-state index in [1.807, 2.05) is 12.1 Å². The lowest BCUT2D eigenvalue weighted by Crippen LogP contribution is -2.32. The van der Waals surface area contributed by atoms with Gasteiger partial charge in [0.1, 0.15) is 5.82 Å². The van der Waals surface area contributed by atoms with Crippen molar-refractivity contribution >= 4 is 45.3 Å². The van der Waals surface area contributed by atoms with Crippen LogP contribution in [0.25, 0.3) is 10.9 Å². The van der Waals surface area contributed by atoms with Crippen LogP contribution in [0.4, 0.5) is 10.1 Å². The highest BCUT2D eigenvalue weighted by molar-refractivity contribution is 7.80. The SMILES string of the molecule is Cc1ccc(NC(=S)NC[C@H](c2cccs2)c2c[nH]c3ccccc23)cc1F. The van der Waals surface area contributed by atoms with Crippen molar-refractivity contribution in [2.75, 3.05) is 11.9 Å². The van der Waals surface area contributed by atoms with Crippen LogP contribution in [0.5, 0.6) is 0 Å². The van der Waals surface area contributed by atoms with Crippen LogP contribution in [-0.2, 0) is 0 Å².